The number of ether oxygens (including phenoxy) is 2. The largest absolute Gasteiger partial charge is 0.493 e. The maximum Gasteiger partial charge on any atom is 0.223 e. The lowest BCUT2D eigenvalue weighted by molar-refractivity contribution is -0.126. The molecule has 1 amide bonds. The van der Waals surface area contributed by atoms with Gasteiger partial charge in [-0.1, -0.05) is 6.07 Å². The normalized spacial score (nSPS) is 21.7. The zero-order valence-corrected chi connectivity index (χ0v) is 12.9. The Bertz CT molecular complexity index is 490. The molecule has 0 radical (unpaired) electrons. The molecule has 0 aromatic heterocycles. The number of hydrogen-bond acceptors (Lipinski definition) is 4. The predicted octanol–water partition coefficient (Wildman–Crippen LogP) is 1.71. The Hall–Kier alpha value is -1.75. The van der Waals surface area contributed by atoms with Crippen molar-refractivity contribution in [2.45, 2.75) is 32.4 Å². The molecule has 1 heterocycles. The van der Waals surface area contributed by atoms with E-state index in [9.17, 15) is 4.79 Å². The summed E-state index contributed by atoms with van der Waals surface area (Å²) in [5.74, 6) is 1.62. The van der Waals surface area contributed by atoms with Crippen LogP contribution in [0.15, 0.2) is 18.2 Å². The van der Waals surface area contributed by atoms with Gasteiger partial charge in [0.25, 0.3) is 0 Å². The Balaban J connectivity index is 1.91. The molecule has 1 fully saturated rings. The van der Waals surface area contributed by atoms with E-state index in [-0.39, 0.29) is 11.8 Å². The standard InChI is InChI=1S/C16H24N2O3/c1-11-8-13(6-7-17-11)16(19)18-10-12-4-5-14(20-2)15(9-12)21-3/h4-5,9,11,13,17H,6-8,10H2,1-3H3,(H,18,19). The Morgan fingerprint density at radius 3 is 2.76 bits per heavy atom. The van der Waals surface area contributed by atoms with Crippen LogP contribution in [0.4, 0.5) is 0 Å². The van der Waals surface area contributed by atoms with Gasteiger partial charge in [-0.2, -0.15) is 0 Å². The second-order valence-electron chi connectivity index (χ2n) is 5.48. The van der Waals surface area contributed by atoms with Gasteiger partial charge >= 0.3 is 0 Å². The van der Waals surface area contributed by atoms with Crippen LogP contribution in [0.25, 0.3) is 0 Å². The lowest BCUT2D eigenvalue weighted by atomic mass is 9.92. The van der Waals surface area contributed by atoms with Gasteiger partial charge in [-0.15, -0.1) is 0 Å². The minimum absolute atomic E-state index is 0.112. The van der Waals surface area contributed by atoms with Gasteiger partial charge in [0.2, 0.25) is 5.91 Å². The Kier molecular flexibility index (Phi) is 5.44. The van der Waals surface area contributed by atoms with Crippen molar-refractivity contribution in [2.24, 2.45) is 5.92 Å². The van der Waals surface area contributed by atoms with Crippen molar-refractivity contribution in [3.05, 3.63) is 23.8 Å². The number of carbonyl (C=O) groups excluding carboxylic acids is 1. The molecule has 0 aliphatic carbocycles. The SMILES string of the molecule is COc1ccc(CNC(=O)C2CCNC(C)C2)cc1OC. The zero-order chi connectivity index (χ0) is 15.2. The van der Waals surface area contributed by atoms with Crippen LogP contribution in [0.2, 0.25) is 0 Å². The number of benzene rings is 1. The van der Waals surface area contributed by atoms with E-state index in [1.54, 1.807) is 14.2 Å². The fourth-order valence-electron chi connectivity index (χ4n) is 2.69. The molecule has 116 valence electrons. The van der Waals surface area contributed by atoms with Crippen LogP contribution >= 0.6 is 0 Å². The van der Waals surface area contributed by atoms with E-state index in [0.29, 0.717) is 24.1 Å². The van der Waals surface area contributed by atoms with E-state index in [2.05, 4.69) is 17.6 Å². The predicted molar refractivity (Wildman–Crippen MR) is 81.6 cm³/mol. The van der Waals surface area contributed by atoms with Gasteiger partial charge in [0.15, 0.2) is 11.5 Å². The molecule has 2 N–H and O–H groups in total. The van der Waals surface area contributed by atoms with Gasteiger partial charge in [-0.25, -0.2) is 0 Å². The van der Waals surface area contributed by atoms with Crippen molar-refractivity contribution in [3.63, 3.8) is 0 Å². The first-order chi connectivity index (χ1) is 10.1. The average molecular weight is 292 g/mol. The first-order valence-electron chi connectivity index (χ1n) is 7.36. The molecule has 1 aromatic carbocycles. The van der Waals surface area contributed by atoms with Crippen LogP contribution in [0.3, 0.4) is 0 Å². The zero-order valence-electron chi connectivity index (χ0n) is 12.9. The highest BCUT2D eigenvalue weighted by Crippen LogP contribution is 2.27. The molecule has 1 saturated heterocycles. The topological polar surface area (TPSA) is 59.6 Å². The third-order valence-corrected chi connectivity index (χ3v) is 3.91. The Labute approximate surface area is 126 Å². The fraction of sp³-hybridized carbons (Fsp3) is 0.562. The average Bonchev–Trinajstić information content (AvgIpc) is 2.52. The summed E-state index contributed by atoms with van der Waals surface area (Å²) < 4.78 is 10.5. The minimum atomic E-state index is 0.112. The van der Waals surface area contributed by atoms with E-state index < -0.39 is 0 Å². The molecule has 2 rings (SSSR count). The van der Waals surface area contributed by atoms with Gasteiger partial charge in [-0.3, -0.25) is 4.79 Å². The molecule has 1 aliphatic heterocycles. The van der Waals surface area contributed by atoms with Gasteiger partial charge in [0, 0.05) is 18.5 Å². The van der Waals surface area contributed by atoms with E-state index in [0.717, 1.165) is 24.9 Å². The molecule has 1 aromatic rings. The monoisotopic (exact) mass is 292 g/mol. The molecule has 2 atom stereocenters. The summed E-state index contributed by atoms with van der Waals surface area (Å²) in [5, 5.41) is 6.37. The smallest absolute Gasteiger partial charge is 0.223 e. The van der Waals surface area contributed by atoms with Crippen molar-refractivity contribution in [1.82, 2.24) is 10.6 Å². The number of piperidine rings is 1. The number of nitrogens with one attached hydrogen (secondary N) is 2. The van der Waals surface area contributed by atoms with Crippen LogP contribution in [-0.2, 0) is 11.3 Å². The van der Waals surface area contributed by atoms with Crippen LogP contribution in [0, 0.1) is 5.92 Å². The third-order valence-electron chi connectivity index (χ3n) is 3.91. The molecule has 1 aliphatic rings. The maximum atomic E-state index is 12.2. The molecule has 5 nitrogen and oxygen atoms in total. The van der Waals surface area contributed by atoms with E-state index >= 15 is 0 Å². The quantitative estimate of drug-likeness (QED) is 0.867. The maximum absolute atomic E-state index is 12.2. The van der Waals surface area contributed by atoms with Crippen molar-refractivity contribution in [2.75, 3.05) is 20.8 Å². The van der Waals surface area contributed by atoms with Gasteiger partial charge < -0.3 is 20.1 Å². The van der Waals surface area contributed by atoms with Gasteiger partial charge in [0.1, 0.15) is 0 Å². The summed E-state index contributed by atoms with van der Waals surface area (Å²) in [4.78, 5) is 12.2. The number of carbonyl (C=O) groups is 1. The van der Waals surface area contributed by atoms with Crippen molar-refractivity contribution < 1.29 is 14.3 Å². The Morgan fingerprint density at radius 2 is 2.10 bits per heavy atom. The summed E-state index contributed by atoms with van der Waals surface area (Å²) >= 11 is 0. The number of amides is 1. The van der Waals surface area contributed by atoms with Crippen molar-refractivity contribution in [1.29, 1.82) is 0 Å². The van der Waals surface area contributed by atoms with Crippen LogP contribution in [0.1, 0.15) is 25.3 Å². The van der Waals surface area contributed by atoms with Crippen LogP contribution < -0.4 is 20.1 Å². The molecule has 21 heavy (non-hydrogen) atoms. The van der Waals surface area contributed by atoms with Crippen LogP contribution in [-0.4, -0.2) is 32.7 Å². The Morgan fingerprint density at radius 1 is 1.33 bits per heavy atom. The second kappa shape index (κ2) is 7.31. The summed E-state index contributed by atoms with van der Waals surface area (Å²) in [5.41, 5.74) is 1.00. The molecule has 0 bridgehead atoms. The molecule has 2 unspecified atom stereocenters. The highest BCUT2D eigenvalue weighted by Gasteiger charge is 2.24. The molecule has 0 spiro atoms. The van der Waals surface area contributed by atoms with E-state index in [1.165, 1.54) is 0 Å². The third kappa shape index (κ3) is 4.11. The van der Waals surface area contributed by atoms with Crippen molar-refractivity contribution >= 4 is 5.91 Å². The highest BCUT2D eigenvalue weighted by atomic mass is 16.5. The first-order valence-corrected chi connectivity index (χ1v) is 7.36. The summed E-state index contributed by atoms with van der Waals surface area (Å²) in [6.45, 7) is 3.54. The fourth-order valence-corrected chi connectivity index (χ4v) is 2.69. The van der Waals surface area contributed by atoms with E-state index in [4.69, 9.17) is 9.47 Å². The van der Waals surface area contributed by atoms with E-state index in [1.807, 2.05) is 18.2 Å². The molecular formula is C16H24N2O3. The number of hydrogen-bond donors (Lipinski definition) is 2. The summed E-state index contributed by atoms with van der Waals surface area (Å²) in [7, 11) is 3.22. The summed E-state index contributed by atoms with van der Waals surface area (Å²) in [6, 6.07) is 6.10. The number of rotatable bonds is 5. The lowest BCUT2D eigenvalue weighted by Crippen LogP contribution is -2.42. The van der Waals surface area contributed by atoms with Crippen LogP contribution in [0.5, 0.6) is 11.5 Å². The highest BCUT2D eigenvalue weighted by molar-refractivity contribution is 5.78. The number of methoxy groups -OCH3 is 2. The second-order valence-corrected chi connectivity index (χ2v) is 5.48. The minimum Gasteiger partial charge on any atom is -0.493 e. The van der Waals surface area contributed by atoms with Gasteiger partial charge in [0.05, 0.1) is 14.2 Å². The van der Waals surface area contributed by atoms with Gasteiger partial charge in [-0.05, 0) is 44.0 Å². The molecular weight excluding hydrogens is 268 g/mol. The van der Waals surface area contributed by atoms with Crippen molar-refractivity contribution in [3.8, 4) is 11.5 Å². The lowest BCUT2D eigenvalue weighted by Gasteiger charge is -2.27. The summed E-state index contributed by atoms with van der Waals surface area (Å²) in [6.07, 6.45) is 1.81. The molecule has 5 heteroatoms. The molecule has 0 saturated carbocycles. The first kappa shape index (κ1) is 15.6.